The Morgan fingerprint density at radius 3 is 2.08 bits per heavy atom. The van der Waals surface area contributed by atoms with Crippen molar-refractivity contribution >= 4 is 17.4 Å². The van der Waals surface area contributed by atoms with Gasteiger partial charge in [-0.25, -0.2) is 0 Å². The fourth-order valence-electron chi connectivity index (χ4n) is 4.32. The number of pyridine rings is 1. The number of nitrogens with zero attached hydrogens (tertiary/aromatic N) is 2. The standard InChI is InChI=1S/C27H26N2O7/c1-33-19-8-6-5-7-18(19)24(30)22-23(17-13-20(34-2)26(36-4)21(14-17)35-3)29(27(32)25(22)31)15-16-9-11-28-12-10-16/h5-14,23,30H,15H2,1-4H3/b24-22+. The molecule has 186 valence electrons. The SMILES string of the molecule is COc1ccccc1/C(O)=C1\C(=O)C(=O)N(Cc2ccncc2)C1c1cc(OC)c(OC)c(OC)c1. The summed E-state index contributed by atoms with van der Waals surface area (Å²) in [5.74, 6) is -0.495. The van der Waals surface area contributed by atoms with Crippen molar-refractivity contribution in [3.05, 3.63) is 83.2 Å². The van der Waals surface area contributed by atoms with Crippen LogP contribution < -0.4 is 18.9 Å². The zero-order valence-electron chi connectivity index (χ0n) is 20.3. The van der Waals surface area contributed by atoms with Gasteiger partial charge in [0.25, 0.3) is 11.7 Å². The molecule has 1 N–H and O–H groups in total. The number of rotatable bonds is 8. The number of ether oxygens (including phenoxy) is 4. The molecule has 4 rings (SSSR count). The van der Waals surface area contributed by atoms with Crippen molar-refractivity contribution in [2.45, 2.75) is 12.6 Å². The Labute approximate surface area is 208 Å². The molecule has 1 aromatic heterocycles. The molecular weight excluding hydrogens is 464 g/mol. The fourth-order valence-corrected chi connectivity index (χ4v) is 4.32. The lowest BCUT2D eigenvalue weighted by Crippen LogP contribution is -2.29. The van der Waals surface area contributed by atoms with Gasteiger partial charge in [0, 0.05) is 18.9 Å². The maximum atomic E-state index is 13.4. The largest absolute Gasteiger partial charge is 0.507 e. The van der Waals surface area contributed by atoms with Crippen molar-refractivity contribution in [1.29, 1.82) is 0 Å². The zero-order chi connectivity index (χ0) is 25.8. The van der Waals surface area contributed by atoms with Crippen LogP contribution in [0.4, 0.5) is 0 Å². The molecule has 2 aromatic carbocycles. The van der Waals surface area contributed by atoms with E-state index in [4.69, 9.17) is 18.9 Å². The molecular formula is C27H26N2O7. The third-order valence-electron chi connectivity index (χ3n) is 6.01. The van der Waals surface area contributed by atoms with Gasteiger partial charge in [-0.15, -0.1) is 0 Å². The number of Topliss-reactive ketones (excluding diaryl/α,β-unsaturated/α-hetero) is 1. The lowest BCUT2D eigenvalue weighted by molar-refractivity contribution is -0.140. The molecule has 0 spiro atoms. The Balaban J connectivity index is 1.97. The predicted octanol–water partition coefficient (Wildman–Crippen LogP) is 3.74. The molecule has 1 fully saturated rings. The fraction of sp³-hybridized carbons (Fsp3) is 0.222. The van der Waals surface area contributed by atoms with Crippen LogP contribution >= 0.6 is 0 Å². The van der Waals surface area contributed by atoms with Gasteiger partial charge in [-0.05, 0) is 47.5 Å². The molecule has 0 aliphatic carbocycles. The summed E-state index contributed by atoms with van der Waals surface area (Å²) >= 11 is 0. The van der Waals surface area contributed by atoms with E-state index in [0.29, 0.717) is 34.1 Å². The Kier molecular flexibility index (Phi) is 7.10. The predicted molar refractivity (Wildman–Crippen MR) is 131 cm³/mol. The van der Waals surface area contributed by atoms with Crippen LogP contribution in [0.1, 0.15) is 22.7 Å². The summed E-state index contributed by atoms with van der Waals surface area (Å²) in [4.78, 5) is 32.1. The van der Waals surface area contributed by atoms with E-state index in [0.717, 1.165) is 5.56 Å². The first-order chi connectivity index (χ1) is 17.4. The third-order valence-corrected chi connectivity index (χ3v) is 6.01. The molecule has 36 heavy (non-hydrogen) atoms. The Morgan fingerprint density at radius 2 is 1.50 bits per heavy atom. The molecule has 3 aromatic rings. The van der Waals surface area contributed by atoms with Crippen LogP contribution in [-0.4, -0.2) is 55.1 Å². The number of carbonyl (C=O) groups excluding carboxylic acids is 2. The molecule has 1 saturated heterocycles. The number of ketones is 1. The number of para-hydroxylation sites is 1. The molecule has 1 unspecified atom stereocenters. The number of aliphatic hydroxyl groups is 1. The smallest absolute Gasteiger partial charge is 0.295 e. The first kappa shape index (κ1) is 24.6. The van der Waals surface area contributed by atoms with Crippen molar-refractivity contribution in [1.82, 2.24) is 9.88 Å². The van der Waals surface area contributed by atoms with E-state index in [1.165, 1.54) is 33.3 Å². The summed E-state index contributed by atoms with van der Waals surface area (Å²) in [5.41, 5.74) is 1.48. The second-order valence-corrected chi connectivity index (χ2v) is 7.94. The van der Waals surface area contributed by atoms with Gasteiger partial charge in [0.15, 0.2) is 11.5 Å². The zero-order valence-corrected chi connectivity index (χ0v) is 20.3. The van der Waals surface area contributed by atoms with E-state index in [1.54, 1.807) is 60.9 Å². The van der Waals surface area contributed by atoms with Gasteiger partial charge in [-0.1, -0.05) is 12.1 Å². The monoisotopic (exact) mass is 490 g/mol. The minimum atomic E-state index is -0.947. The van der Waals surface area contributed by atoms with Crippen molar-refractivity contribution in [2.75, 3.05) is 28.4 Å². The van der Waals surface area contributed by atoms with Crippen molar-refractivity contribution in [2.24, 2.45) is 0 Å². The normalized spacial score (nSPS) is 16.7. The third kappa shape index (κ3) is 4.31. The number of benzene rings is 2. The minimum Gasteiger partial charge on any atom is -0.507 e. The number of amides is 1. The second kappa shape index (κ2) is 10.4. The topological polar surface area (TPSA) is 107 Å². The van der Waals surface area contributed by atoms with Gasteiger partial charge in [-0.2, -0.15) is 0 Å². The van der Waals surface area contributed by atoms with Gasteiger partial charge in [-0.3, -0.25) is 14.6 Å². The molecule has 1 atom stereocenters. The van der Waals surface area contributed by atoms with Crippen LogP contribution in [0.5, 0.6) is 23.0 Å². The van der Waals surface area contributed by atoms with Crippen molar-refractivity contribution < 1.29 is 33.6 Å². The summed E-state index contributed by atoms with van der Waals surface area (Å²) in [6, 6.07) is 12.6. The van der Waals surface area contributed by atoms with E-state index >= 15 is 0 Å². The molecule has 0 saturated carbocycles. The van der Waals surface area contributed by atoms with E-state index in [-0.39, 0.29) is 17.9 Å². The number of carbonyl (C=O) groups is 2. The molecule has 9 nitrogen and oxygen atoms in total. The van der Waals surface area contributed by atoms with Crippen molar-refractivity contribution in [3.63, 3.8) is 0 Å². The molecule has 0 radical (unpaired) electrons. The van der Waals surface area contributed by atoms with Gasteiger partial charge in [0.1, 0.15) is 11.5 Å². The van der Waals surface area contributed by atoms with Gasteiger partial charge >= 0.3 is 0 Å². The summed E-state index contributed by atoms with van der Waals surface area (Å²) < 4.78 is 21.8. The van der Waals surface area contributed by atoms with Crippen LogP contribution in [0.15, 0.2) is 66.5 Å². The highest BCUT2D eigenvalue weighted by molar-refractivity contribution is 6.46. The maximum absolute atomic E-state index is 13.4. The highest BCUT2D eigenvalue weighted by atomic mass is 16.5. The number of aliphatic hydroxyl groups excluding tert-OH is 1. The van der Waals surface area contributed by atoms with E-state index < -0.39 is 17.7 Å². The van der Waals surface area contributed by atoms with Crippen LogP contribution in [0.2, 0.25) is 0 Å². The number of aromatic nitrogens is 1. The van der Waals surface area contributed by atoms with E-state index in [1.807, 2.05) is 0 Å². The van der Waals surface area contributed by atoms with Gasteiger partial charge < -0.3 is 29.0 Å². The Hall–Kier alpha value is -4.53. The lowest BCUT2D eigenvalue weighted by atomic mass is 9.94. The second-order valence-electron chi connectivity index (χ2n) is 7.94. The number of hydrogen-bond acceptors (Lipinski definition) is 8. The number of likely N-dealkylation sites (tertiary alicyclic amines) is 1. The quantitative estimate of drug-likeness (QED) is 0.289. The summed E-state index contributed by atoms with van der Waals surface area (Å²) in [6.07, 6.45) is 3.21. The highest BCUT2D eigenvalue weighted by Crippen LogP contribution is 2.46. The summed E-state index contributed by atoms with van der Waals surface area (Å²) in [5, 5.41) is 11.4. The molecule has 1 aliphatic rings. The van der Waals surface area contributed by atoms with Gasteiger partial charge in [0.05, 0.1) is 45.6 Å². The van der Waals surface area contributed by atoms with Crippen LogP contribution in [0, 0.1) is 0 Å². The Bertz CT molecular complexity index is 1300. The summed E-state index contributed by atoms with van der Waals surface area (Å²) in [6.45, 7) is 0.108. The van der Waals surface area contributed by atoms with E-state index in [9.17, 15) is 14.7 Å². The molecule has 0 bridgehead atoms. The lowest BCUT2D eigenvalue weighted by Gasteiger charge is -2.26. The average Bonchev–Trinajstić information content (AvgIpc) is 3.17. The first-order valence-electron chi connectivity index (χ1n) is 11.1. The van der Waals surface area contributed by atoms with Crippen LogP contribution in [0.25, 0.3) is 5.76 Å². The maximum Gasteiger partial charge on any atom is 0.295 e. The molecule has 1 amide bonds. The highest BCUT2D eigenvalue weighted by Gasteiger charge is 2.46. The van der Waals surface area contributed by atoms with Crippen molar-refractivity contribution in [3.8, 4) is 23.0 Å². The summed E-state index contributed by atoms with van der Waals surface area (Å²) in [7, 11) is 5.90. The molecule has 9 heteroatoms. The molecule has 1 aliphatic heterocycles. The molecule has 2 heterocycles. The van der Waals surface area contributed by atoms with E-state index in [2.05, 4.69) is 4.98 Å². The van der Waals surface area contributed by atoms with Gasteiger partial charge in [0.2, 0.25) is 5.75 Å². The average molecular weight is 491 g/mol. The number of hydrogen-bond donors (Lipinski definition) is 1. The van der Waals surface area contributed by atoms with Crippen LogP contribution in [-0.2, 0) is 16.1 Å². The Morgan fingerprint density at radius 1 is 0.889 bits per heavy atom. The first-order valence-corrected chi connectivity index (χ1v) is 11.1. The minimum absolute atomic E-state index is 0.0761. The van der Waals surface area contributed by atoms with Crippen LogP contribution in [0.3, 0.4) is 0 Å². The number of methoxy groups -OCH3 is 4.